The van der Waals surface area contributed by atoms with Crippen LogP contribution in [-0.2, 0) is 4.74 Å². The van der Waals surface area contributed by atoms with Crippen LogP contribution >= 0.6 is 0 Å². The van der Waals surface area contributed by atoms with Crippen molar-refractivity contribution in [1.29, 1.82) is 0 Å². The molecule has 0 spiro atoms. The quantitative estimate of drug-likeness (QED) is 0.416. The highest BCUT2D eigenvalue weighted by Gasteiger charge is 1.98. The Morgan fingerprint density at radius 1 is 1.67 bits per heavy atom. The molecule has 0 aromatic rings. The second kappa shape index (κ2) is 5.59. The Labute approximate surface area is 54.6 Å². The van der Waals surface area contributed by atoms with Gasteiger partial charge in [-0.25, -0.2) is 0 Å². The van der Waals surface area contributed by atoms with E-state index in [1.807, 2.05) is 0 Å². The van der Waals surface area contributed by atoms with Gasteiger partial charge in [-0.3, -0.25) is 0 Å². The molecule has 0 aromatic heterocycles. The molecule has 3 heteroatoms. The van der Waals surface area contributed by atoms with E-state index >= 15 is 0 Å². The number of aliphatic hydroxyl groups is 2. The van der Waals surface area contributed by atoms with E-state index in [2.05, 4.69) is 11.3 Å². The monoisotopic (exact) mass is 132 g/mol. The molecule has 0 amide bonds. The Morgan fingerprint density at radius 2 is 2.33 bits per heavy atom. The molecule has 0 radical (unpaired) electrons. The number of ether oxygens (including phenoxy) is 1. The Balaban J connectivity index is 3.04. The van der Waals surface area contributed by atoms with Crippen molar-refractivity contribution >= 4 is 0 Å². The van der Waals surface area contributed by atoms with Gasteiger partial charge in [0.05, 0.1) is 6.26 Å². The molecule has 0 fully saturated rings. The Hall–Kier alpha value is -0.540. The molecule has 2 N–H and O–H groups in total. The molecule has 0 saturated carbocycles. The van der Waals surface area contributed by atoms with Gasteiger partial charge in [0, 0.05) is 13.0 Å². The highest BCUT2D eigenvalue weighted by molar-refractivity contribution is 4.51. The highest BCUT2D eigenvalue weighted by Crippen LogP contribution is 1.96. The number of hydrogen-bond acceptors (Lipinski definition) is 3. The van der Waals surface area contributed by atoms with E-state index in [1.54, 1.807) is 0 Å². The maximum atomic E-state index is 8.78. The van der Waals surface area contributed by atoms with Gasteiger partial charge in [-0.15, -0.1) is 0 Å². The average Bonchev–Trinajstić information content (AvgIpc) is 1.85. The van der Waals surface area contributed by atoms with E-state index in [0.717, 1.165) is 0 Å². The maximum Gasteiger partial charge on any atom is 0.196 e. The minimum absolute atomic E-state index is 0.0809. The minimum Gasteiger partial charge on any atom is -0.473 e. The molecule has 3 nitrogen and oxygen atoms in total. The molecule has 1 unspecified atom stereocenters. The molecular formula is C6H12O3. The number of aliphatic hydroxyl groups excluding tert-OH is 2. The first-order valence-corrected chi connectivity index (χ1v) is 2.86. The summed E-state index contributed by atoms with van der Waals surface area (Å²) in [5.74, 6) is 0. The van der Waals surface area contributed by atoms with Crippen molar-refractivity contribution in [1.82, 2.24) is 0 Å². The summed E-state index contributed by atoms with van der Waals surface area (Å²) in [5.41, 5.74) is 0. The van der Waals surface area contributed by atoms with Gasteiger partial charge in [0.1, 0.15) is 0 Å². The van der Waals surface area contributed by atoms with E-state index in [-0.39, 0.29) is 6.61 Å². The largest absolute Gasteiger partial charge is 0.473 e. The fraction of sp³-hybridized carbons (Fsp3) is 0.667. The molecule has 0 aliphatic rings. The number of rotatable bonds is 5. The summed E-state index contributed by atoms with van der Waals surface area (Å²) in [4.78, 5) is 0. The molecule has 0 aromatic carbocycles. The summed E-state index contributed by atoms with van der Waals surface area (Å²) in [6.07, 6.45) is 1.37. The second-order valence-electron chi connectivity index (χ2n) is 1.62. The zero-order chi connectivity index (χ0) is 7.11. The van der Waals surface area contributed by atoms with Crippen molar-refractivity contribution < 1.29 is 14.9 Å². The summed E-state index contributed by atoms with van der Waals surface area (Å²) in [5, 5.41) is 17.1. The van der Waals surface area contributed by atoms with Crippen LogP contribution in [0, 0.1) is 0 Å². The maximum absolute atomic E-state index is 8.78. The molecule has 0 saturated heterocycles. The lowest BCUT2D eigenvalue weighted by Crippen LogP contribution is -2.08. The molecular weight excluding hydrogens is 120 g/mol. The van der Waals surface area contributed by atoms with Gasteiger partial charge in [-0.2, -0.15) is 0 Å². The van der Waals surface area contributed by atoms with Crippen LogP contribution in [0.1, 0.15) is 12.8 Å². The summed E-state index contributed by atoms with van der Waals surface area (Å²) >= 11 is 0. The molecule has 1 atom stereocenters. The van der Waals surface area contributed by atoms with Gasteiger partial charge in [0.2, 0.25) is 0 Å². The van der Waals surface area contributed by atoms with Crippen molar-refractivity contribution in [2.24, 2.45) is 0 Å². The first-order valence-electron chi connectivity index (χ1n) is 2.86. The lowest BCUT2D eigenvalue weighted by Gasteiger charge is -2.07. The van der Waals surface area contributed by atoms with Gasteiger partial charge in [0.15, 0.2) is 6.29 Å². The Kier molecular flexibility index (Phi) is 5.26. The second-order valence-corrected chi connectivity index (χ2v) is 1.62. The molecule has 9 heavy (non-hydrogen) atoms. The summed E-state index contributed by atoms with van der Waals surface area (Å²) < 4.78 is 4.55. The van der Waals surface area contributed by atoms with Crippen LogP contribution in [0.2, 0.25) is 0 Å². The predicted octanol–water partition coefficient (Wildman–Crippen LogP) is 0.237. The van der Waals surface area contributed by atoms with Gasteiger partial charge >= 0.3 is 0 Å². The third kappa shape index (κ3) is 5.33. The van der Waals surface area contributed by atoms with Gasteiger partial charge in [-0.1, -0.05) is 6.58 Å². The molecule has 0 bridgehead atoms. The van der Waals surface area contributed by atoms with Crippen molar-refractivity contribution in [2.75, 3.05) is 6.61 Å². The Bertz CT molecular complexity index is 72.7. The van der Waals surface area contributed by atoms with Crippen LogP contribution in [0.25, 0.3) is 0 Å². The number of hydrogen-bond donors (Lipinski definition) is 2. The smallest absolute Gasteiger partial charge is 0.196 e. The topological polar surface area (TPSA) is 49.7 Å². The molecule has 0 aliphatic heterocycles. The van der Waals surface area contributed by atoms with Crippen LogP contribution in [-0.4, -0.2) is 23.1 Å². The SMILES string of the molecule is C=COC(O)CCCO. The lowest BCUT2D eigenvalue weighted by atomic mass is 10.3. The van der Waals surface area contributed by atoms with Crippen molar-refractivity contribution in [3.05, 3.63) is 12.8 Å². The predicted molar refractivity (Wildman–Crippen MR) is 33.6 cm³/mol. The molecule has 0 heterocycles. The summed E-state index contributed by atoms with van der Waals surface area (Å²) in [6, 6.07) is 0. The molecule has 0 aliphatic carbocycles. The minimum atomic E-state index is -0.811. The van der Waals surface area contributed by atoms with Gasteiger partial charge in [0.25, 0.3) is 0 Å². The van der Waals surface area contributed by atoms with Gasteiger partial charge < -0.3 is 14.9 Å². The third-order valence-electron chi connectivity index (χ3n) is 0.862. The average molecular weight is 132 g/mol. The zero-order valence-electron chi connectivity index (χ0n) is 5.29. The zero-order valence-corrected chi connectivity index (χ0v) is 5.29. The van der Waals surface area contributed by atoms with E-state index in [9.17, 15) is 0 Å². The van der Waals surface area contributed by atoms with Crippen molar-refractivity contribution in [3.8, 4) is 0 Å². The van der Waals surface area contributed by atoms with Crippen LogP contribution < -0.4 is 0 Å². The van der Waals surface area contributed by atoms with E-state index in [4.69, 9.17) is 10.2 Å². The van der Waals surface area contributed by atoms with Crippen molar-refractivity contribution in [2.45, 2.75) is 19.1 Å². The third-order valence-corrected chi connectivity index (χ3v) is 0.862. The summed E-state index contributed by atoms with van der Waals surface area (Å²) in [7, 11) is 0. The van der Waals surface area contributed by atoms with E-state index in [0.29, 0.717) is 12.8 Å². The standard InChI is InChI=1S/C6H12O3/c1-2-9-6(8)4-3-5-7/h2,6-8H,1,3-5H2. The fourth-order valence-corrected chi connectivity index (χ4v) is 0.445. The van der Waals surface area contributed by atoms with Crippen LogP contribution in [0.3, 0.4) is 0 Å². The highest BCUT2D eigenvalue weighted by atomic mass is 16.6. The van der Waals surface area contributed by atoms with Crippen molar-refractivity contribution in [3.63, 3.8) is 0 Å². The van der Waals surface area contributed by atoms with E-state index in [1.165, 1.54) is 6.26 Å². The van der Waals surface area contributed by atoms with E-state index < -0.39 is 6.29 Å². The molecule has 54 valence electrons. The fourth-order valence-electron chi connectivity index (χ4n) is 0.445. The van der Waals surface area contributed by atoms with Crippen LogP contribution in [0.5, 0.6) is 0 Å². The molecule has 0 rings (SSSR count). The first kappa shape index (κ1) is 8.46. The lowest BCUT2D eigenvalue weighted by molar-refractivity contribution is -0.0586. The summed E-state index contributed by atoms with van der Waals surface area (Å²) in [6.45, 7) is 3.34. The normalized spacial score (nSPS) is 12.7. The van der Waals surface area contributed by atoms with Gasteiger partial charge in [-0.05, 0) is 6.42 Å². The Morgan fingerprint density at radius 3 is 2.78 bits per heavy atom. The van der Waals surface area contributed by atoms with Crippen LogP contribution in [0.4, 0.5) is 0 Å². The van der Waals surface area contributed by atoms with Crippen LogP contribution in [0.15, 0.2) is 12.8 Å². The first-order chi connectivity index (χ1) is 4.31.